The lowest BCUT2D eigenvalue weighted by atomic mass is 10.1. The number of carbonyl (C=O) groups excluding carboxylic acids is 2. The summed E-state index contributed by atoms with van der Waals surface area (Å²) in [5.74, 6) is -0.133. The van der Waals surface area contributed by atoms with Crippen LogP contribution in [-0.4, -0.2) is 28.2 Å². The summed E-state index contributed by atoms with van der Waals surface area (Å²) in [6.07, 6.45) is 1.76. The molecule has 2 heterocycles. The van der Waals surface area contributed by atoms with E-state index in [1.165, 1.54) is 11.3 Å². The number of alkyl halides is 1. The third-order valence-electron chi connectivity index (χ3n) is 3.89. The molecule has 1 aliphatic heterocycles. The number of halogens is 1. The number of aryl methyl sites for hydroxylation is 1. The highest BCUT2D eigenvalue weighted by Crippen LogP contribution is 2.30. The first-order chi connectivity index (χ1) is 11.6. The van der Waals surface area contributed by atoms with Crippen LogP contribution < -0.4 is 10.2 Å². The number of anilines is 1. The van der Waals surface area contributed by atoms with Crippen LogP contribution in [0.15, 0.2) is 30.3 Å². The van der Waals surface area contributed by atoms with Crippen LogP contribution in [0, 0.1) is 6.92 Å². The SMILES string of the molecule is Cc1nc(N2CCCC(Br)C2=O)sc1C(=O)NCc1ccccc1. The predicted octanol–water partition coefficient (Wildman–Crippen LogP) is 3.27. The molecule has 0 saturated carbocycles. The molecule has 0 spiro atoms. The summed E-state index contributed by atoms with van der Waals surface area (Å²) in [5, 5.41) is 3.51. The summed E-state index contributed by atoms with van der Waals surface area (Å²) in [6.45, 7) is 2.93. The number of thiazole rings is 1. The van der Waals surface area contributed by atoms with Gasteiger partial charge in [0.2, 0.25) is 5.91 Å². The van der Waals surface area contributed by atoms with Crippen molar-refractivity contribution in [3.8, 4) is 0 Å². The summed E-state index contributed by atoms with van der Waals surface area (Å²) in [7, 11) is 0. The number of hydrogen-bond donors (Lipinski definition) is 1. The lowest BCUT2D eigenvalue weighted by Gasteiger charge is -2.27. The molecule has 2 amide bonds. The van der Waals surface area contributed by atoms with E-state index in [-0.39, 0.29) is 16.6 Å². The van der Waals surface area contributed by atoms with E-state index < -0.39 is 0 Å². The summed E-state index contributed by atoms with van der Waals surface area (Å²) in [6, 6.07) is 9.76. The van der Waals surface area contributed by atoms with Gasteiger partial charge in [0.15, 0.2) is 5.13 Å². The van der Waals surface area contributed by atoms with Gasteiger partial charge in [0, 0.05) is 13.1 Å². The molecule has 1 aromatic heterocycles. The molecule has 1 aromatic carbocycles. The molecule has 1 unspecified atom stereocenters. The molecule has 1 atom stereocenters. The fraction of sp³-hybridized carbons (Fsp3) is 0.353. The molecule has 0 radical (unpaired) electrons. The van der Waals surface area contributed by atoms with Gasteiger partial charge in [0.1, 0.15) is 4.88 Å². The highest BCUT2D eigenvalue weighted by atomic mass is 79.9. The largest absolute Gasteiger partial charge is 0.347 e. The first kappa shape index (κ1) is 17.1. The highest BCUT2D eigenvalue weighted by molar-refractivity contribution is 9.10. The van der Waals surface area contributed by atoms with E-state index in [0.717, 1.165) is 18.4 Å². The van der Waals surface area contributed by atoms with Crippen molar-refractivity contribution in [1.29, 1.82) is 0 Å². The fourth-order valence-electron chi connectivity index (χ4n) is 2.59. The third kappa shape index (κ3) is 3.67. The zero-order valence-electron chi connectivity index (χ0n) is 13.3. The van der Waals surface area contributed by atoms with Gasteiger partial charge in [-0.05, 0) is 25.3 Å². The number of nitrogens with zero attached hydrogens (tertiary/aromatic N) is 2. The molecule has 5 nitrogen and oxygen atoms in total. The van der Waals surface area contributed by atoms with E-state index >= 15 is 0 Å². The Hall–Kier alpha value is -1.73. The Morgan fingerprint density at radius 3 is 2.92 bits per heavy atom. The summed E-state index contributed by atoms with van der Waals surface area (Å²) >= 11 is 4.68. The molecule has 1 aliphatic rings. The second-order valence-electron chi connectivity index (χ2n) is 5.68. The number of amides is 2. The Bertz CT molecular complexity index is 748. The van der Waals surface area contributed by atoms with Crippen molar-refractivity contribution in [1.82, 2.24) is 10.3 Å². The topological polar surface area (TPSA) is 62.3 Å². The number of piperidine rings is 1. The Morgan fingerprint density at radius 1 is 1.42 bits per heavy atom. The lowest BCUT2D eigenvalue weighted by Crippen LogP contribution is -2.41. The van der Waals surface area contributed by atoms with E-state index in [2.05, 4.69) is 26.2 Å². The first-order valence-corrected chi connectivity index (χ1v) is 9.54. The minimum Gasteiger partial charge on any atom is -0.347 e. The molecule has 2 aromatic rings. The van der Waals surface area contributed by atoms with E-state index in [4.69, 9.17) is 0 Å². The molecule has 0 aliphatic carbocycles. The molecule has 3 rings (SSSR count). The van der Waals surface area contributed by atoms with Gasteiger partial charge in [-0.15, -0.1) is 0 Å². The van der Waals surface area contributed by atoms with E-state index in [0.29, 0.717) is 28.8 Å². The van der Waals surface area contributed by atoms with Crippen LogP contribution in [-0.2, 0) is 11.3 Å². The summed E-state index contributed by atoms with van der Waals surface area (Å²) < 4.78 is 0. The summed E-state index contributed by atoms with van der Waals surface area (Å²) in [4.78, 5) is 31.2. The zero-order chi connectivity index (χ0) is 17.1. The number of rotatable bonds is 4. The van der Waals surface area contributed by atoms with Gasteiger partial charge < -0.3 is 5.32 Å². The van der Waals surface area contributed by atoms with E-state index in [9.17, 15) is 9.59 Å². The van der Waals surface area contributed by atoms with Crippen molar-refractivity contribution in [2.45, 2.75) is 31.1 Å². The molecular formula is C17H18BrN3O2S. The molecule has 7 heteroatoms. The van der Waals surface area contributed by atoms with Crippen molar-refractivity contribution in [3.63, 3.8) is 0 Å². The number of benzene rings is 1. The standard InChI is InChI=1S/C17H18BrN3O2S/c1-11-14(15(22)19-10-12-6-3-2-4-7-12)24-17(20-11)21-9-5-8-13(18)16(21)23/h2-4,6-7,13H,5,8-10H2,1H3,(H,19,22). The second-order valence-corrected chi connectivity index (χ2v) is 7.76. The van der Waals surface area contributed by atoms with Gasteiger partial charge >= 0.3 is 0 Å². The van der Waals surface area contributed by atoms with Crippen molar-refractivity contribution in [3.05, 3.63) is 46.5 Å². The Kier molecular flexibility index (Phi) is 5.30. The maximum absolute atomic E-state index is 12.4. The molecule has 1 N–H and O–H groups in total. The van der Waals surface area contributed by atoms with Crippen LogP contribution >= 0.6 is 27.3 Å². The molecule has 1 saturated heterocycles. The van der Waals surface area contributed by atoms with Crippen LogP contribution in [0.1, 0.15) is 33.8 Å². The van der Waals surface area contributed by atoms with Crippen LogP contribution in [0.3, 0.4) is 0 Å². The first-order valence-electron chi connectivity index (χ1n) is 7.81. The van der Waals surface area contributed by atoms with Gasteiger partial charge in [-0.25, -0.2) is 4.98 Å². The van der Waals surface area contributed by atoms with Crippen molar-refractivity contribution in [2.75, 3.05) is 11.4 Å². The maximum Gasteiger partial charge on any atom is 0.263 e. The number of nitrogens with one attached hydrogen (secondary N) is 1. The average Bonchev–Trinajstić information content (AvgIpc) is 2.98. The van der Waals surface area contributed by atoms with E-state index in [1.54, 1.807) is 11.8 Å². The predicted molar refractivity (Wildman–Crippen MR) is 98.8 cm³/mol. The van der Waals surface area contributed by atoms with Crippen molar-refractivity contribution >= 4 is 44.2 Å². The Morgan fingerprint density at radius 2 is 2.17 bits per heavy atom. The summed E-state index contributed by atoms with van der Waals surface area (Å²) in [5.41, 5.74) is 1.70. The van der Waals surface area contributed by atoms with Crippen molar-refractivity contribution < 1.29 is 9.59 Å². The quantitative estimate of drug-likeness (QED) is 0.790. The van der Waals surface area contributed by atoms with E-state index in [1.807, 2.05) is 30.3 Å². The molecule has 1 fully saturated rings. The lowest BCUT2D eigenvalue weighted by molar-refractivity contribution is -0.118. The van der Waals surface area contributed by atoms with Gasteiger partial charge in [0.25, 0.3) is 5.91 Å². The fourth-order valence-corrected chi connectivity index (χ4v) is 4.17. The van der Waals surface area contributed by atoms with Gasteiger partial charge in [-0.1, -0.05) is 57.6 Å². The van der Waals surface area contributed by atoms with Crippen LogP contribution in [0.2, 0.25) is 0 Å². The van der Waals surface area contributed by atoms with Gasteiger partial charge in [-0.2, -0.15) is 0 Å². The van der Waals surface area contributed by atoms with Gasteiger partial charge in [-0.3, -0.25) is 14.5 Å². The molecular weight excluding hydrogens is 390 g/mol. The van der Waals surface area contributed by atoms with Crippen LogP contribution in [0.4, 0.5) is 5.13 Å². The number of carbonyl (C=O) groups is 2. The normalized spacial score (nSPS) is 17.8. The highest BCUT2D eigenvalue weighted by Gasteiger charge is 2.30. The number of hydrogen-bond acceptors (Lipinski definition) is 4. The second kappa shape index (κ2) is 7.44. The molecule has 24 heavy (non-hydrogen) atoms. The van der Waals surface area contributed by atoms with Crippen molar-refractivity contribution in [2.24, 2.45) is 0 Å². The zero-order valence-corrected chi connectivity index (χ0v) is 15.7. The molecule has 0 bridgehead atoms. The molecule has 126 valence electrons. The van der Waals surface area contributed by atoms with Crippen LogP contribution in [0.25, 0.3) is 0 Å². The Balaban J connectivity index is 1.71. The average molecular weight is 408 g/mol. The minimum absolute atomic E-state index is 0.0197. The monoisotopic (exact) mass is 407 g/mol. The smallest absolute Gasteiger partial charge is 0.263 e. The minimum atomic E-state index is -0.161. The Labute approximate surface area is 153 Å². The van der Waals surface area contributed by atoms with Gasteiger partial charge in [0.05, 0.1) is 10.5 Å². The maximum atomic E-state index is 12.4. The third-order valence-corrected chi connectivity index (χ3v) is 5.92. The van der Waals surface area contributed by atoms with Crippen LogP contribution in [0.5, 0.6) is 0 Å². The number of aromatic nitrogens is 1.